The van der Waals surface area contributed by atoms with Gasteiger partial charge in [-0.1, -0.05) is 259 Å². The molecule has 0 fully saturated rings. The number of rotatable bonds is 44. The van der Waals surface area contributed by atoms with Crippen LogP contribution in [0.1, 0.15) is 285 Å². The van der Waals surface area contributed by atoms with Crippen molar-refractivity contribution < 1.29 is 13.9 Å². The third-order valence-corrected chi connectivity index (χ3v) is 12.0. The molecule has 0 aromatic rings. The maximum absolute atomic E-state index is 11.2. The van der Waals surface area contributed by atoms with Crippen LogP contribution in [0.15, 0.2) is 0 Å². The summed E-state index contributed by atoms with van der Waals surface area (Å²) >= 11 is 0. The van der Waals surface area contributed by atoms with Crippen LogP contribution >= 0.6 is 8.60 Å². The van der Waals surface area contributed by atoms with E-state index in [2.05, 4.69) is 27.7 Å². The van der Waals surface area contributed by atoms with E-state index in [9.17, 15) is 4.89 Å². The van der Waals surface area contributed by atoms with Gasteiger partial charge in [0.05, 0.1) is 12.2 Å². The lowest BCUT2D eigenvalue weighted by atomic mass is 10.0. The van der Waals surface area contributed by atoms with Crippen molar-refractivity contribution in [2.24, 2.45) is 0 Å². The average molecular weight is 727 g/mol. The minimum Gasteiger partial charge on any atom is -0.328 e. The Bertz CT molecular complexity index is 552. The maximum atomic E-state index is 11.2. The van der Waals surface area contributed by atoms with Crippen LogP contribution < -0.4 is 0 Å². The SMILES string of the molecule is CCCCCCCCCCCCC(CCCCCCCCCC)OP(O)OC(CCCCCCCCCC)CCCCCCCCCCCC. The Morgan fingerprint density at radius 2 is 0.440 bits per heavy atom. The molecule has 2 atom stereocenters. The fraction of sp³-hybridized carbons (Fsp3) is 1.00. The van der Waals surface area contributed by atoms with E-state index in [1.54, 1.807) is 0 Å². The molecule has 0 rings (SSSR count). The zero-order chi connectivity index (χ0) is 36.4. The molecular weight excluding hydrogens is 631 g/mol. The molecule has 0 saturated heterocycles. The first-order valence-corrected chi connectivity index (χ1v) is 24.6. The number of hydrogen-bond donors (Lipinski definition) is 1. The molecule has 0 spiro atoms. The van der Waals surface area contributed by atoms with Gasteiger partial charge in [0.2, 0.25) is 0 Å². The second-order valence-corrected chi connectivity index (χ2v) is 17.1. The largest absolute Gasteiger partial charge is 0.330 e. The van der Waals surface area contributed by atoms with Crippen molar-refractivity contribution >= 4 is 8.60 Å². The monoisotopic (exact) mass is 727 g/mol. The van der Waals surface area contributed by atoms with Gasteiger partial charge in [0.1, 0.15) is 0 Å². The first-order valence-electron chi connectivity index (χ1n) is 23.5. The highest BCUT2D eigenvalue weighted by atomic mass is 31.2. The Labute approximate surface area is 318 Å². The van der Waals surface area contributed by atoms with Crippen LogP contribution in [0, 0.1) is 0 Å². The van der Waals surface area contributed by atoms with Crippen molar-refractivity contribution in [1.29, 1.82) is 0 Å². The van der Waals surface area contributed by atoms with Crippen molar-refractivity contribution in [2.75, 3.05) is 0 Å². The second-order valence-electron chi connectivity index (χ2n) is 16.2. The highest BCUT2D eigenvalue weighted by Crippen LogP contribution is 2.40. The lowest BCUT2D eigenvalue weighted by Gasteiger charge is -2.24. The van der Waals surface area contributed by atoms with Gasteiger partial charge in [-0.25, -0.2) is 0 Å². The summed E-state index contributed by atoms with van der Waals surface area (Å²) < 4.78 is 12.8. The molecule has 4 heteroatoms. The summed E-state index contributed by atoms with van der Waals surface area (Å²) in [5.74, 6) is 0. The van der Waals surface area contributed by atoms with E-state index < -0.39 is 8.60 Å². The lowest BCUT2D eigenvalue weighted by molar-refractivity contribution is 0.0892. The van der Waals surface area contributed by atoms with Gasteiger partial charge < -0.3 is 13.9 Å². The summed E-state index contributed by atoms with van der Waals surface area (Å²) in [5.41, 5.74) is 0. The van der Waals surface area contributed by atoms with Gasteiger partial charge in [0.25, 0.3) is 0 Å². The van der Waals surface area contributed by atoms with Crippen molar-refractivity contribution in [3.8, 4) is 0 Å². The standard InChI is InChI=1S/C46H95O3P/c1-5-9-13-17-21-25-27-31-35-39-43-45(41-37-33-29-23-19-15-11-7-3)48-50(47)49-46(42-38-34-30-24-20-16-12-8-4)44-40-36-32-28-26-22-18-14-10-6-2/h45-47H,5-44H2,1-4H3. The molecule has 0 heterocycles. The Morgan fingerprint density at radius 1 is 0.280 bits per heavy atom. The molecule has 50 heavy (non-hydrogen) atoms. The summed E-state index contributed by atoms with van der Waals surface area (Å²) in [7, 11) is -1.80. The smallest absolute Gasteiger partial charge is 0.328 e. The summed E-state index contributed by atoms with van der Waals surface area (Å²) in [5, 5.41) is 0. The van der Waals surface area contributed by atoms with Crippen molar-refractivity contribution in [2.45, 2.75) is 297 Å². The molecule has 302 valence electrons. The molecule has 0 amide bonds. The maximum Gasteiger partial charge on any atom is 0.330 e. The molecule has 0 radical (unpaired) electrons. The van der Waals surface area contributed by atoms with E-state index in [-0.39, 0.29) is 12.2 Å². The fourth-order valence-corrected chi connectivity index (χ4v) is 8.49. The molecule has 2 unspecified atom stereocenters. The highest BCUT2D eigenvalue weighted by molar-refractivity contribution is 7.40. The van der Waals surface area contributed by atoms with Gasteiger partial charge in [0.15, 0.2) is 0 Å². The predicted molar refractivity (Wildman–Crippen MR) is 226 cm³/mol. The molecule has 1 N–H and O–H groups in total. The van der Waals surface area contributed by atoms with Gasteiger partial charge >= 0.3 is 8.60 Å². The first-order chi connectivity index (χ1) is 24.7. The quantitative estimate of drug-likeness (QED) is 0.0502. The lowest BCUT2D eigenvalue weighted by Crippen LogP contribution is -2.15. The van der Waals surface area contributed by atoms with Crippen molar-refractivity contribution in [3.05, 3.63) is 0 Å². The molecule has 0 bridgehead atoms. The molecule has 0 aliphatic carbocycles. The predicted octanol–water partition coefficient (Wildman–Crippen LogP) is 17.7. The molecule has 0 saturated carbocycles. The van der Waals surface area contributed by atoms with Crippen LogP contribution in [-0.4, -0.2) is 17.1 Å². The topological polar surface area (TPSA) is 38.7 Å². The zero-order valence-electron chi connectivity index (χ0n) is 35.1. The Kier molecular flexibility index (Phi) is 44.0. The van der Waals surface area contributed by atoms with E-state index in [4.69, 9.17) is 9.05 Å². The second kappa shape index (κ2) is 43.7. The minimum absolute atomic E-state index is 0.154. The zero-order valence-corrected chi connectivity index (χ0v) is 36.0. The number of unbranched alkanes of at least 4 members (excludes halogenated alkanes) is 32. The molecule has 0 aliphatic rings. The van der Waals surface area contributed by atoms with E-state index in [0.717, 1.165) is 25.7 Å². The van der Waals surface area contributed by atoms with Gasteiger partial charge in [-0.2, -0.15) is 0 Å². The van der Waals surface area contributed by atoms with Gasteiger partial charge in [-0.05, 0) is 25.7 Å². The minimum atomic E-state index is -1.80. The number of hydrogen-bond acceptors (Lipinski definition) is 3. The van der Waals surface area contributed by atoms with Crippen LogP contribution in [-0.2, 0) is 9.05 Å². The van der Waals surface area contributed by atoms with Gasteiger partial charge in [-0.3, -0.25) is 0 Å². The molecular formula is C46H95O3P. The van der Waals surface area contributed by atoms with Crippen molar-refractivity contribution in [1.82, 2.24) is 0 Å². The molecule has 0 aliphatic heterocycles. The third kappa shape index (κ3) is 39.5. The summed E-state index contributed by atoms with van der Waals surface area (Å²) in [4.78, 5) is 11.2. The van der Waals surface area contributed by atoms with E-state index in [0.29, 0.717) is 0 Å². The van der Waals surface area contributed by atoms with Crippen LogP contribution in [0.25, 0.3) is 0 Å². The van der Waals surface area contributed by atoms with Gasteiger partial charge in [-0.15, -0.1) is 0 Å². The summed E-state index contributed by atoms with van der Waals surface area (Å²) in [6.07, 6.45) is 53.4. The average Bonchev–Trinajstić information content (AvgIpc) is 3.11. The third-order valence-electron chi connectivity index (χ3n) is 11.0. The highest BCUT2D eigenvalue weighted by Gasteiger charge is 2.21. The Balaban J connectivity index is 4.74. The first kappa shape index (κ1) is 50.3. The van der Waals surface area contributed by atoms with Crippen LogP contribution in [0.4, 0.5) is 0 Å². The van der Waals surface area contributed by atoms with Crippen molar-refractivity contribution in [3.63, 3.8) is 0 Å². The van der Waals surface area contributed by atoms with E-state index >= 15 is 0 Å². The molecule has 0 aromatic heterocycles. The van der Waals surface area contributed by atoms with E-state index in [1.807, 2.05) is 0 Å². The summed E-state index contributed by atoms with van der Waals surface area (Å²) in [6.45, 7) is 9.19. The van der Waals surface area contributed by atoms with Crippen LogP contribution in [0.3, 0.4) is 0 Å². The Morgan fingerprint density at radius 3 is 0.620 bits per heavy atom. The Hall–Kier alpha value is 0.310. The van der Waals surface area contributed by atoms with Crippen LogP contribution in [0.5, 0.6) is 0 Å². The van der Waals surface area contributed by atoms with Gasteiger partial charge in [0, 0.05) is 0 Å². The fourth-order valence-electron chi connectivity index (χ4n) is 7.51. The molecule has 3 nitrogen and oxygen atoms in total. The molecule has 0 aromatic carbocycles. The van der Waals surface area contributed by atoms with Crippen LogP contribution in [0.2, 0.25) is 0 Å². The van der Waals surface area contributed by atoms with E-state index in [1.165, 1.54) is 231 Å². The normalized spacial score (nSPS) is 13.6. The summed E-state index contributed by atoms with van der Waals surface area (Å²) in [6, 6.07) is 0.